The summed E-state index contributed by atoms with van der Waals surface area (Å²) in [6.07, 6.45) is -0.758. The number of benzene rings is 3. The highest BCUT2D eigenvalue weighted by Gasteiger charge is 2.20. The molecule has 8 heteroatoms. The number of aromatic nitrogens is 1. The van der Waals surface area contributed by atoms with Crippen molar-refractivity contribution in [1.82, 2.24) is 9.88 Å². The average Bonchev–Trinajstić information content (AvgIpc) is 3.28. The second-order valence-electron chi connectivity index (χ2n) is 8.46. The van der Waals surface area contributed by atoms with Gasteiger partial charge in [0.25, 0.3) is 0 Å². The Balaban J connectivity index is 1.38. The van der Waals surface area contributed by atoms with Crippen LogP contribution in [0.1, 0.15) is 22.6 Å². The van der Waals surface area contributed by atoms with Gasteiger partial charge in [0, 0.05) is 12.1 Å². The Labute approximate surface area is 220 Å². The molecule has 1 N–H and O–H groups in total. The molecule has 1 heterocycles. The Morgan fingerprint density at radius 2 is 1.74 bits per heavy atom. The second-order valence-corrected chi connectivity index (χ2v) is 8.46. The van der Waals surface area contributed by atoms with Crippen molar-refractivity contribution in [3.05, 3.63) is 101 Å². The van der Waals surface area contributed by atoms with E-state index < -0.39 is 18.6 Å². The van der Waals surface area contributed by atoms with Gasteiger partial charge in [-0.2, -0.15) is 0 Å². The van der Waals surface area contributed by atoms with Crippen molar-refractivity contribution in [3.8, 4) is 34.8 Å². The zero-order valence-corrected chi connectivity index (χ0v) is 21.0. The molecule has 0 spiro atoms. The average molecular weight is 511 g/mol. The molecule has 0 radical (unpaired) electrons. The number of hydrogen-bond acceptors (Lipinski definition) is 6. The number of amides is 1. The molecule has 192 valence electrons. The summed E-state index contributed by atoms with van der Waals surface area (Å²) in [7, 11) is 0. The molecule has 0 aliphatic heterocycles. The summed E-state index contributed by atoms with van der Waals surface area (Å²) in [5.74, 6) is 6.75. The summed E-state index contributed by atoms with van der Waals surface area (Å²) in [4.78, 5) is 29.6. The van der Waals surface area contributed by atoms with Crippen LogP contribution < -0.4 is 9.47 Å². The van der Waals surface area contributed by atoms with Gasteiger partial charge in [0.1, 0.15) is 30.4 Å². The van der Waals surface area contributed by atoms with Crippen molar-refractivity contribution >= 4 is 12.1 Å². The van der Waals surface area contributed by atoms with Crippen molar-refractivity contribution in [3.63, 3.8) is 0 Å². The number of hydrogen-bond donors (Lipinski definition) is 1. The summed E-state index contributed by atoms with van der Waals surface area (Å²) in [6, 6.07) is 23.5. The lowest BCUT2D eigenvalue weighted by Crippen LogP contribution is -2.37. The van der Waals surface area contributed by atoms with Crippen molar-refractivity contribution in [1.29, 1.82) is 0 Å². The van der Waals surface area contributed by atoms with Crippen LogP contribution in [0.5, 0.6) is 11.5 Å². The van der Waals surface area contributed by atoms with E-state index in [2.05, 4.69) is 16.8 Å². The molecule has 0 unspecified atom stereocenters. The molecule has 1 aromatic heterocycles. The number of rotatable bonds is 8. The maximum Gasteiger partial charge on any atom is 0.416 e. The standard InChI is InChI=1S/C30H26N2O6/c1-21-13-15-25(16-14-21)38-30(35)32(20-28(33)34)19-23-8-6-11-26(18-23)36-17-7-12-27-22(2)37-29(31-27)24-9-4-3-5-10-24/h3-6,8-11,13-16,18H,17,19-20H2,1-2H3,(H,33,34). The summed E-state index contributed by atoms with van der Waals surface area (Å²) in [5.41, 5.74) is 3.10. The summed E-state index contributed by atoms with van der Waals surface area (Å²) in [6.45, 7) is 3.34. The third kappa shape index (κ3) is 7.24. The summed E-state index contributed by atoms with van der Waals surface area (Å²) in [5, 5.41) is 9.29. The molecule has 0 bridgehead atoms. The van der Waals surface area contributed by atoms with E-state index in [4.69, 9.17) is 13.9 Å². The van der Waals surface area contributed by atoms with E-state index in [0.717, 1.165) is 16.0 Å². The Kier molecular flexibility index (Phi) is 8.42. The van der Waals surface area contributed by atoms with E-state index in [-0.39, 0.29) is 13.2 Å². The zero-order chi connectivity index (χ0) is 26.9. The first-order chi connectivity index (χ1) is 18.4. The molecule has 0 saturated heterocycles. The molecule has 0 aliphatic rings. The number of carboxylic acid groups (broad SMARTS) is 1. The summed E-state index contributed by atoms with van der Waals surface area (Å²) < 4.78 is 16.8. The highest BCUT2D eigenvalue weighted by Crippen LogP contribution is 2.21. The normalized spacial score (nSPS) is 10.3. The largest absolute Gasteiger partial charge is 0.481 e. The van der Waals surface area contributed by atoms with Crippen molar-refractivity contribution in [2.75, 3.05) is 13.2 Å². The first-order valence-corrected chi connectivity index (χ1v) is 11.9. The Morgan fingerprint density at radius 3 is 2.47 bits per heavy atom. The van der Waals surface area contributed by atoms with E-state index in [0.29, 0.717) is 34.4 Å². The first-order valence-electron chi connectivity index (χ1n) is 11.9. The van der Waals surface area contributed by atoms with E-state index in [1.807, 2.05) is 37.3 Å². The van der Waals surface area contributed by atoms with Crippen LogP contribution in [0.2, 0.25) is 0 Å². The highest BCUT2D eigenvalue weighted by molar-refractivity contribution is 5.78. The Hall–Kier alpha value is -5.03. The Bertz CT molecular complexity index is 1470. The molecule has 0 saturated carbocycles. The fraction of sp³-hybridized carbons (Fsp3) is 0.167. The number of carbonyl (C=O) groups is 2. The lowest BCUT2D eigenvalue weighted by Gasteiger charge is -2.20. The number of carboxylic acids is 1. The van der Waals surface area contributed by atoms with E-state index in [9.17, 15) is 14.7 Å². The van der Waals surface area contributed by atoms with Crippen molar-refractivity contribution in [2.24, 2.45) is 0 Å². The molecular weight excluding hydrogens is 484 g/mol. The topological polar surface area (TPSA) is 102 Å². The molecule has 4 aromatic rings. The number of ether oxygens (including phenoxy) is 2. The predicted molar refractivity (Wildman–Crippen MR) is 141 cm³/mol. The maximum absolute atomic E-state index is 12.7. The molecule has 38 heavy (non-hydrogen) atoms. The third-order valence-electron chi connectivity index (χ3n) is 5.42. The lowest BCUT2D eigenvalue weighted by molar-refractivity contribution is -0.138. The number of aliphatic carboxylic acids is 1. The van der Waals surface area contributed by atoms with Gasteiger partial charge in [0.15, 0.2) is 5.69 Å². The fourth-order valence-electron chi connectivity index (χ4n) is 3.53. The van der Waals surface area contributed by atoms with E-state index in [1.165, 1.54) is 0 Å². The quantitative estimate of drug-likeness (QED) is 0.313. The van der Waals surface area contributed by atoms with Crippen LogP contribution in [0, 0.1) is 25.7 Å². The zero-order valence-electron chi connectivity index (χ0n) is 21.0. The van der Waals surface area contributed by atoms with Gasteiger partial charge in [0.2, 0.25) is 5.89 Å². The van der Waals surface area contributed by atoms with Gasteiger partial charge < -0.3 is 19.0 Å². The SMILES string of the molecule is Cc1ccc(OC(=O)N(CC(=O)O)Cc2cccc(OCC#Cc3nc(-c4ccccc4)oc3C)c2)cc1. The van der Waals surface area contributed by atoms with Crippen LogP contribution >= 0.6 is 0 Å². The van der Waals surface area contributed by atoms with E-state index in [1.54, 1.807) is 55.5 Å². The van der Waals surface area contributed by atoms with Gasteiger partial charge in [-0.15, -0.1) is 0 Å². The van der Waals surface area contributed by atoms with Crippen LogP contribution in [0.15, 0.2) is 83.3 Å². The minimum absolute atomic E-state index is 0.0280. The summed E-state index contributed by atoms with van der Waals surface area (Å²) >= 11 is 0. The van der Waals surface area contributed by atoms with Crippen LogP contribution in [0.4, 0.5) is 4.79 Å². The van der Waals surface area contributed by atoms with E-state index >= 15 is 0 Å². The molecule has 8 nitrogen and oxygen atoms in total. The van der Waals surface area contributed by atoms with Gasteiger partial charge >= 0.3 is 12.1 Å². The predicted octanol–water partition coefficient (Wildman–Crippen LogP) is 5.47. The number of aryl methyl sites for hydroxylation is 2. The molecule has 0 atom stereocenters. The molecule has 3 aromatic carbocycles. The van der Waals surface area contributed by atoms with Gasteiger partial charge in [-0.3, -0.25) is 9.69 Å². The monoisotopic (exact) mass is 510 g/mol. The Morgan fingerprint density at radius 1 is 0.974 bits per heavy atom. The van der Waals surface area contributed by atoms with Crippen LogP contribution in [-0.2, 0) is 11.3 Å². The minimum atomic E-state index is -1.15. The highest BCUT2D eigenvalue weighted by atomic mass is 16.6. The fourth-order valence-corrected chi connectivity index (χ4v) is 3.53. The number of nitrogens with zero attached hydrogens (tertiary/aromatic N) is 2. The van der Waals surface area contributed by atoms with Crippen molar-refractivity contribution < 1.29 is 28.6 Å². The molecule has 1 amide bonds. The second kappa shape index (κ2) is 12.3. The first kappa shape index (κ1) is 26.0. The van der Waals surface area contributed by atoms with Crippen LogP contribution in [-0.4, -0.2) is 40.2 Å². The van der Waals surface area contributed by atoms with Gasteiger partial charge in [0.05, 0.1) is 0 Å². The number of carbonyl (C=O) groups excluding carboxylic acids is 1. The molecule has 0 aliphatic carbocycles. The van der Waals surface area contributed by atoms with Crippen molar-refractivity contribution in [2.45, 2.75) is 20.4 Å². The maximum atomic E-state index is 12.7. The van der Waals surface area contributed by atoms with Gasteiger partial charge in [-0.1, -0.05) is 53.9 Å². The van der Waals surface area contributed by atoms with Gasteiger partial charge in [-0.25, -0.2) is 9.78 Å². The molecular formula is C30H26N2O6. The van der Waals surface area contributed by atoms with Gasteiger partial charge in [-0.05, 0) is 61.7 Å². The molecule has 0 fully saturated rings. The third-order valence-corrected chi connectivity index (χ3v) is 5.42. The van der Waals surface area contributed by atoms with Crippen LogP contribution in [0.25, 0.3) is 11.5 Å². The number of oxazole rings is 1. The lowest BCUT2D eigenvalue weighted by atomic mass is 10.2. The van der Waals surface area contributed by atoms with Crippen LogP contribution in [0.3, 0.4) is 0 Å². The smallest absolute Gasteiger partial charge is 0.416 e. The molecule has 4 rings (SSSR count). The minimum Gasteiger partial charge on any atom is -0.481 e.